The van der Waals surface area contributed by atoms with Crippen LogP contribution < -0.4 is 5.73 Å². The molecule has 0 fully saturated rings. The Hall–Kier alpha value is -1.78. The SMILES string of the molecule is CCCCCCCC/C=C\CCCCCCCC(=O)OC(COC(=O)CCCCCCCCCCCCCCCCCCCCCC)COP(=O)(O)OCC(N)C(=O)O. The van der Waals surface area contributed by atoms with Gasteiger partial charge in [-0.15, -0.1) is 0 Å². The van der Waals surface area contributed by atoms with Crippen LogP contribution in [0.5, 0.6) is 0 Å². The Kier molecular flexibility index (Phi) is 41.6. The molecule has 0 aromatic carbocycles. The summed E-state index contributed by atoms with van der Waals surface area (Å²) >= 11 is 0. The fourth-order valence-electron chi connectivity index (χ4n) is 6.94. The number of carbonyl (C=O) groups excluding carboxylic acids is 2. The van der Waals surface area contributed by atoms with Gasteiger partial charge in [0.25, 0.3) is 0 Å². The van der Waals surface area contributed by atoms with Gasteiger partial charge in [-0.2, -0.15) is 0 Å². The van der Waals surface area contributed by atoms with Gasteiger partial charge < -0.3 is 25.2 Å². The molecule has 3 atom stereocenters. The predicted molar refractivity (Wildman–Crippen MR) is 240 cm³/mol. The largest absolute Gasteiger partial charge is 0.480 e. The quantitative estimate of drug-likeness (QED) is 0.0230. The van der Waals surface area contributed by atoms with Crippen LogP contribution in [0.3, 0.4) is 0 Å². The third-order valence-electron chi connectivity index (χ3n) is 10.8. The summed E-state index contributed by atoms with van der Waals surface area (Å²) in [6.07, 6.45) is 44.2. The fraction of sp³-hybridized carbons (Fsp3) is 0.894. The molecule has 11 nitrogen and oxygen atoms in total. The first-order chi connectivity index (χ1) is 28.6. The Labute approximate surface area is 360 Å². The molecule has 0 radical (unpaired) electrons. The summed E-state index contributed by atoms with van der Waals surface area (Å²) in [6, 6.07) is -1.52. The van der Waals surface area contributed by atoms with Crippen LogP contribution in [-0.2, 0) is 37.5 Å². The van der Waals surface area contributed by atoms with Crippen LogP contribution in [-0.4, -0.2) is 59.9 Å². The van der Waals surface area contributed by atoms with Crippen molar-refractivity contribution in [3.05, 3.63) is 12.2 Å². The Bertz CT molecular complexity index is 1060. The van der Waals surface area contributed by atoms with E-state index in [1.165, 1.54) is 141 Å². The number of hydrogen-bond acceptors (Lipinski definition) is 9. The van der Waals surface area contributed by atoms with E-state index in [2.05, 4.69) is 30.5 Å². The van der Waals surface area contributed by atoms with Gasteiger partial charge in [0.15, 0.2) is 6.10 Å². The molecule has 4 N–H and O–H groups in total. The number of rotatable bonds is 46. The number of phosphoric ester groups is 1. The number of carboxylic acid groups (broad SMARTS) is 1. The van der Waals surface area contributed by atoms with E-state index in [-0.39, 0.29) is 19.4 Å². The highest BCUT2D eigenvalue weighted by molar-refractivity contribution is 7.47. The minimum atomic E-state index is -4.72. The molecule has 0 saturated carbocycles. The van der Waals surface area contributed by atoms with Crippen molar-refractivity contribution >= 4 is 25.7 Å². The molecule has 0 rings (SSSR count). The van der Waals surface area contributed by atoms with E-state index in [0.717, 1.165) is 57.8 Å². The minimum absolute atomic E-state index is 0.156. The lowest BCUT2D eigenvalue weighted by Crippen LogP contribution is -2.34. The highest BCUT2D eigenvalue weighted by atomic mass is 31.2. The number of unbranched alkanes of at least 4 members (excludes halogenated alkanes) is 30. The smallest absolute Gasteiger partial charge is 0.472 e. The molecule has 59 heavy (non-hydrogen) atoms. The van der Waals surface area contributed by atoms with Gasteiger partial charge in [0.05, 0.1) is 13.2 Å². The molecular formula is C47H90NO10P. The summed E-state index contributed by atoms with van der Waals surface area (Å²) in [7, 11) is -4.72. The average Bonchev–Trinajstić information content (AvgIpc) is 3.21. The minimum Gasteiger partial charge on any atom is -0.480 e. The van der Waals surface area contributed by atoms with Gasteiger partial charge in [-0.05, 0) is 38.5 Å². The lowest BCUT2D eigenvalue weighted by Gasteiger charge is -2.20. The Morgan fingerprint density at radius 3 is 1.24 bits per heavy atom. The highest BCUT2D eigenvalue weighted by Crippen LogP contribution is 2.43. The summed E-state index contributed by atoms with van der Waals surface area (Å²) in [6.45, 7) is 2.83. The standard InChI is InChI=1S/C47H90NO10P/c1-3-5-7-9-11-13-15-17-19-20-21-22-23-25-26-28-30-32-34-36-38-45(49)55-40-43(41-56-59(53,54)57-42-44(48)47(51)52)58-46(50)39-37-35-33-31-29-27-24-18-16-14-12-10-8-6-4-2/h18,24,43-44H,3-17,19-23,25-42,48H2,1-2H3,(H,51,52)(H,53,54)/b24-18-. The van der Waals surface area contributed by atoms with Gasteiger partial charge in [0, 0.05) is 12.8 Å². The molecule has 0 heterocycles. The number of esters is 2. The van der Waals surface area contributed by atoms with Crippen molar-refractivity contribution in [2.24, 2.45) is 5.73 Å². The zero-order chi connectivity index (χ0) is 43.5. The molecule has 12 heteroatoms. The summed E-state index contributed by atoms with van der Waals surface area (Å²) in [5.74, 6) is -2.37. The maximum atomic E-state index is 12.6. The first-order valence-electron chi connectivity index (χ1n) is 24.2. The third-order valence-corrected chi connectivity index (χ3v) is 11.7. The number of ether oxygens (including phenoxy) is 2. The lowest BCUT2D eigenvalue weighted by atomic mass is 10.0. The van der Waals surface area contributed by atoms with Crippen LogP contribution in [0.1, 0.15) is 239 Å². The molecule has 348 valence electrons. The van der Waals surface area contributed by atoms with Crippen molar-refractivity contribution < 1.29 is 47.5 Å². The zero-order valence-corrected chi connectivity index (χ0v) is 38.8. The number of carbonyl (C=O) groups is 3. The zero-order valence-electron chi connectivity index (χ0n) is 37.9. The van der Waals surface area contributed by atoms with Gasteiger partial charge in [-0.25, -0.2) is 4.57 Å². The number of carboxylic acids is 1. The Balaban J connectivity index is 4.24. The normalized spacial score (nSPS) is 13.7. The maximum Gasteiger partial charge on any atom is 0.472 e. The van der Waals surface area contributed by atoms with Gasteiger partial charge >= 0.3 is 25.7 Å². The third kappa shape index (κ3) is 42.7. The van der Waals surface area contributed by atoms with E-state index in [9.17, 15) is 23.8 Å². The van der Waals surface area contributed by atoms with Crippen LogP contribution in [0.2, 0.25) is 0 Å². The van der Waals surface area contributed by atoms with Gasteiger partial charge in [-0.3, -0.25) is 23.4 Å². The van der Waals surface area contributed by atoms with E-state index >= 15 is 0 Å². The molecule has 0 saturated heterocycles. The number of allylic oxidation sites excluding steroid dienone is 2. The number of aliphatic carboxylic acids is 1. The molecule has 0 amide bonds. The second-order valence-corrected chi connectivity index (χ2v) is 18.1. The van der Waals surface area contributed by atoms with Gasteiger partial charge in [0.2, 0.25) is 0 Å². The topological polar surface area (TPSA) is 172 Å². The molecular weight excluding hydrogens is 769 g/mol. The molecule has 0 aromatic heterocycles. The number of nitrogens with two attached hydrogens (primary N) is 1. The fourth-order valence-corrected chi connectivity index (χ4v) is 7.72. The van der Waals surface area contributed by atoms with E-state index < -0.39 is 51.1 Å². The van der Waals surface area contributed by atoms with Gasteiger partial charge in [-0.1, -0.05) is 199 Å². The van der Waals surface area contributed by atoms with Crippen molar-refractivity contribution in [3.8, 4) is 0 Å². The highest BCUT2D eigenvalue weighted by Gasteiger charge is 2.28. The molecule has 0 bridgehead atoms. The molecule has 0 aromatic rings. The first-order valence-corrected chi connectivity index (χ1v) is 25.7. The molecule has 0 aliphatic carbocycles. The van der Waals surface area contributed by atoms with Crippen molar-refractivity contribution in [2.75, 3.05) is 19.8 Å². The van der Waals surface area contributed by atoms with Crippen molar-refractivity contribution in [1.29, 1.82) is 0 Å². The monoisotopic (exact) mass is 860 g/mol. The van der Waals surface area contributed by atoms with Crippen molar-refractivity contribution in [2.45, 2.75) is 251 Å². The number of phosphoric acid groups is 1. The van der Waals surface area contributed by atoms with Crippen LogP contribution >= 0.6 is 7.82 Å². The molecule has 0 aliphatic heterocycles. The number of hydrogen-bond donors (Lipinski definition) is 3. The Morgan fingerprint density at radius 2 is 0.847 bits per heavy atom. The van der Waals surface area contributed by atoms with E-state index in [1.807, 2.05) is 0 Å². The van der Waals surface area contributed by atoms with Crippen LogP contribution in [0.25, 0.3) is 0 Å². The van der Waals surface area contributed by atoms with Crippen LogP contribution in [0.4, 0.5) is 0 Å². The maximum absolute atomic E-state index is 12.6. The summed E-state index contributed by atoms with van der Waals surface area (Å²) < 4.78 is 32.8. The predicted octanol–water partition coefficient (Wildman–Crippen LogP) is 13.2. The van der Waals surface area contributed by atoms with E-state index in [4.69, 9.17) is 24.8 Å². The van der Waals surface area contributed by atoms with E-state index in [1.54, 1.807) is 0 Å². The first kappa shape index (κ1) is 57.2. The van der Waals surface area contributed by atoms with E-state index in [0.29, 0.717) is 12.8 Å². The molecule has 0 aliphatic rings. The Morgan fingerprint density at radius 1 is 0.508 bits per heavy atom. The molecule has 3 unspecified atom stereocenters. The summed E-state index contributed by atoms with van der Waals surface area (Å²) in [5.41, 5.74) is 5.34. The summed E-state index contributed by atoms with van der Waals surface area (Å²) in [4.78, 5) is 46.1. The lowest BCUT2D eigenvalue weighted by molar-refractivity contribution is -0.161. The van der Waals surface area contributed by atoms with Crippen LogP contribution in [0.15, 0.2) is 12.2 Å². The van der Waals surface area contributed by atoms with Crippen molar-refractivity contribution in [3.63, 3.8) is 0 Å². The van der Waals surface area contributed by atoms with Gasteiger partial charge in [0.1, 0.15) is 12.6 Å². The summed E-state index contributed by atoms with van der Waals surface area (Å²) in [5, 5.41) is 8.90. The second kappa shape index (κ2) is 42.9. The second-order valence-electron chi connectivity index (χ2n) is 16.6. The molecule has 0 spiro atoms. The van der Waals surface area contributed by atoms with Crippen molar-refractivity contribution in [1.82, 2.24) is 0 Å². The average molecular weight is 860 g/mol. The van der Waals surface area contributed by atoms with Crippen LogP contribution in [0, 0.1) is 0 Å².